The molecule has 0 radical (unpaired) electrons. The molecule has 5 heteroatoms. The minimum atomic E-state index is -0.491. The summed E-state index contributed by atoms with van der Waals surface area (Å²) >= 11 is 0. The third-order valence-electron chi connectivity index (χ3n) is 4.40. The third kappa shape index (κ3) is 5.11. The highest BCUT2D eigenvalue weighted by Crippen LogP contribution is 2.20. The van der Waals surface area contributed by atoms with Gasteiger partial charge < -0.3 is 14.8 Å². The van der Waals surface area contributed by atoms with Crippen LogP contribution in [0.5, 0.6) is 11.5 Å². The van der Waals surface area contributed by atoms with Gasteiger partial charge in [0.15, 0.2) is 0 Å². The van der Waals surface area contributed by atoms with Crippen LogP contribution in [0.25, 0.3) is 0 Å². The fourth-order valence-electron chi connectivity index (χ4n) is 2.89. The fourth-order valence-corrected chi connectivity index (χ4v) is 2.89. The normalized spacial score (nSPS) is 11.5. The SMILES string of the molecule is COc1ccc(CN[C@H](C(=O)Nc2cccc(OC)c2)c2ccccc2)cc1. The van der Waals surface area contributed by atoms with Crippen molar-refractivity contribution in [2.24, 2.45) is 0 Å². The topological polar surface area (TPSA) is 59.6 Å². The van der Waals surface area contributed by atoms with E-state index in [1.165, 1.54) is 0 Å². The van der Waals surface area contributed by atoms with Crippen molar-refractivity contribution in [3.05, 3.63) is 90.0 Å². The Kier molecular flexibility index (Phi) is 6.65. The van der Waals surface area contributed by atoms with Gasteiger partial charge in [-0.15, -0.1) is 0 Å². The lowest BCUT2D eigenvalue weighted by atomic mass is 10.1. The van der Waals surface area contributed by atoms with Crippen molar-refractivity contribution < 1.29 is 14.3 Å². The second kappa shape index (κ2) is 9.58. The van der Waals surface area contributed by atoms with Gasteiger partial charge in [0.2, 0.25) is 5.91 Å². The zero-order valence-electron chi connectivity index (χ0n) is 16.0. The van der Waals surface area contributed by atoms with Gasteiger partial charge >= 0.3 is 0 Å². The summed E-state index contributed by atoms with van der Waals surface area (Å²) in [7, 11) is 3.24. The first kappa shape index (κ1) is 19.5. The molecule has 3 rings (SSSR count). The van der Waals surface area contributed by atoms with Crippen LogP contribution >= 0.6 is 0 Å². The average molecular weight is 376 g/mol. The summed E-state index contributed by atoms with van der Waals surface area (Å²) in [6.45, 7) is 0.551. The Bertz CT molecular complexity index is 895. The quantitative estimate of drug-likeness (QED) is 0.619. The van der Waals surface area contributed by atoms with Gasteiger partial charge in [0.25, 0.3) is 0 Å². The van der Waals surface area contributed by atoms with E-state index in [0.29, 0.717) is 18.0 Å². The molecule has 0 fully saturated rings. The van der Waals surface area contributed by atoms with Gasteiger partial charge in [-0.25, -0.2) is 0 Å². The molecule has 0 unspecified atom stereocenters. The Morgan fingerprint density at radius 2 is 1.57 bits per heavy atom. The molecule has 5 nitrogen and oxygen atoms in total. The molecule has 28 heavy (non-hydrogen) atoms. The lowest BCUT2D eigenvalue weighted by Crippen LogP contribution is -2.32. The number of amides is 1. The van der Waals surface area contributed by atoms with E-state index in [0.717, 1.165) is 16.9 Å². The molecule has 0 spiro atoms. The highest BCUT2D eigenvalue weighted by Gasteiger charge is 2.20. The Morgan fingerprint density at radius 3 is 2.25 bits per heavy atom. The van der Waals surface area contributed by atoms with Crippen LogP contribution in [-0.4, -0.2) is 20.1 Å². The molecular weight excluding hydrogens is 352 g/mol. The molecule has 3 aromatic rings. The van der Waals surface area contributed by atoms with Crippen LogP contribution in [0.4, 0.5) is 5.69 Å². The van der Waals surface area contributed by atoms with Crippen molar-refractivity contribution in [2.45, 2.75) is 12.6 Å². The van der Waals surface area contributed by atoms with Crippen LogP contribution in [0.3, 0.4) is 0 Å². The van der Waals surface area contributed by atoms with E-state index < -0.39 is 6.04 Å². The second-order valence-corrected chi connectivity index (χ2v) is 6.29. The van der Waals surface area contributed by atoms with Crippen LogP contribution in [0.2, 0.25) is 0 Å². The number of hydrogen-bond acceptors (Lipinski definition) is 4. The number of carbonyl (C=O) groups excluding carboxylic acids is 1. The molecule has 144 valence electrons. The largest absolute Gasteiger partial charge is 0.497 e. The van der Waals surface area contributed by atoms with E-state index in [9.17, 15) is 4.79 Å². The van der Waals surface area contributed by atoms with Gasteiger partial charge in [0.05, 0.1) is 14.2 Å². The number of rotatable bonds is 8. The molecule has 0 bridgehead atoms. The predicted octanol–water partition coefficient (Wildman–Crippen LogP) is 4.17. The number of anilines is 1. The summed E-state index contributed by atoms with van der Waals surface area (Å²) in [6, 6.07) is 24.3. The molecule has 1 atom stereocenters. The Hall–Kier alpha value is -3.31. The Balaban J connectivity index is 1.75. The monoisotopic (exact) mass is 376 g/mol. The first-order valence-electron chi connectivity index (χ1n) is 9.06. The zero-order valence-corrected chi connectivity index (χ0v) is 16.0. The van der Waals surface area contributed by atoms with Gasteiger partial charge in [0.1, 0.15) is 17.5 Å². The average Bonchev–Trinajstić information content (AvgIpc) is 2.75. The molecule has 1 amide bonds. The van der Waals surface area contributed by atoms with Gasteiger partial charge in [-0.2, -0.15) is 0 Å². The Morgan fingerprint density at radius 1 is 0.857 bits per heavy atom. The maximum Gasteiger partial charge on any atom is 0.246 e. The number of methoxy groups -OCH3 is 2. The van der Waals surface area contributed by atoms with Crippen molar-refractivity contribution in [2.75, 3.05) is 19.5 Å². The standard InChI is InChI=1S/C23H24N2O3/c1-27-20-13-11-17(12-14-20)16-24-22(18-7-4-3-5-8-18)23(26)25-19-9-6-10-21(15-19)28-2/h3-15,22,24H,16H2,1-2H3,(H,25,26)/t22-/m0/s1. The number of carbonyl (C=O) groups is 1. The minimum Gasteiger partial charge on any atom is -0.497 e. The van der Waals surface area contributed by atoms with Gasteiger partial charge in [-0.1, -0.05) is 48.5 Å². The van der Waals surface area contributed by atoms with Crippen molar-refractivity contribution in [3.63, 3.8) is 0 Å². The smallest absolute Gasteiger partial charge is 0.246 e. The van der Waals surface area contributed by atoms with Crippen molar-refractivity contribution >= 4 is 11.6 Å². The van der Waals surface area contributed by atoms with E-state index in [4.69, 9.17) is 9.47 Å². The van der Waals surface area contributed by atoms with Crippen LogP contribution in [0.1, 0.15) is 17.2 Å². The summed E-state index contributed by atoms with van der Waals surface area (Å²) < 4.78 is 10.4. The molecule has 0 heterocycles. The second-order valence-electron chi connectivity index (χ2n) is 6.29. The number of benzene rings is 3. The molecule has 0 saturated heterocycles. The first-order valence-corrected chi connectivity index (χ1v) is 9.06. The third-order valence-corrected chi connectivity index (χ3v) is 4.40. The molecule has 0 aliphatic rings. The molecule has 0 aromatic heterocycles. The van der Waals surface area contributed by atoms with E-state index >= 15 is 0 Å². The summed E-state index contributed by atoms with van der Waals surface area (Å²) in [5, 5.41) is 6.32. The van der Waals surface area contributed by atoms with Crippen LogP contribution in [0.15, 0.2) is 78.9 Å². The molecule has 0 aliphatic heterocycles. The van der Waals surface area contributed by atoms with Crippen LogP contribution in [-0.2, 0) is 11.3 Å². The molecule has 2 N–H and O–H groups in total. The van der Waals surface area contributed by atoms with E-state index in [-0.39, 0.29) is 5.91 Å². The van der Waals surface area contributed by atoms with Gasteiger partial charge in [-0.05, 0) is 35.4 Å². The van der Waals surface area contributed by atoms with Crippen molar-refractivity contribution in [3.8, 4) is 11.5 Å². The molecule has 0 saturated carbocycles. The number of nitrogens with one attached hydrogen (secondary N) is 2. The van der Waals surface area contributed by atoms with Gasteiger partial charge in [-0.3, -0.25) is 10.1 Å². The van der Waals surface area contributed by atoms with Gasteiger partial charge in [0, 0.05) is 18.3 Å². The first-order chi connectivity index (χ1) is 13.7. The lowest BCUT2D eigenvalue weighted by Gasteiger charge is -2.19. The number of hydrogen-bond donors (Lipinski definition) is 2. The highest BCUT2D eigenvalue weighted by atomic mass is 16.5. The highest BCUT2D eigenvalue weighted by molar-refractivity contribution is 5.95. The van der Waals surface area contributed by atoms with Crippen LogP contribution in [0, 0.1) is 0 Å². The Labute approximate surface area is 165 Å². The molecule has 3 aromatic carbocycles. The fraction of sp³-hybridized carbons (Fsp3) is 0.174. The molecular formula is C23H24N2O3. The summed E-state index contributed by atoms with van der Waals surface area (Å²) in [5.74, 6) is 1.37. The maximum absolute atomic E-state index is 13.0. The van der Waals surface area contributed by atoms with Crippen molar-refractivity contribution in [1.29, 1.82) is 0 Å². The zero-order chi connectivity index (χ0) is 19.8. The van der Waals surface area contributed by atoms with Crippen LogP contribution < -0.4 is 20.1 Å². The maximum atomic E-state index is 13.0. The van der Waals surface area contributed by atoms with Crippen molar-refractivity contribution in [1.82, 2.24) is 5.32 Å². The lowest BCUT2D eigenvalue weighted by molar-refractivity contribution is -0.118. The number of ether oxygens (including phenoxy) is 2. The summed E-state index contributed by atoms with van der Waals surface area (Å²) in [4.78, 5) is 13.0. The minimum absolute atomic E-state index is 0.132. The predicted molar refractivity (Wildman–Crippen MR) is 111 cm³/mol. The molecule has 0 aliphatic carbocycles. The van der Waals surface area contributed by atoms with E-state index in [1.54, 1.807) is 20.3 Å². The van der Waals surface area contributed by atoms with E-state index in [2.05, 4.69) is 10.6 Å². The summed E-state index contributed by atoms with van der Waals surface area (Å²) in [5.41, 5.74) is 2.66. The van der Waals surface area contributed by atoms with E-state index in [1.807, 2.05) is 72.8 Å². The summed E-state index contributed by atoms with van der Waals surface area (Å²) in [6.07, 6.45) is 0.